The summed E-state index contributed by atoms with van der Waals surface area (Å²) >= 11 is 5.68. The molecule has 0 saturated heterocycles. The Morgan fingerprint density at radius 3 is 2.78 bits per heavy atom. The predicted molar refractivity (Wildman–Crippen MR) is 65.9 cm³/mol. The molecule has 0 aliphatic rings. The summed E-state index contributed by atoms with van der Waals surface area (Å²) in [4.78, 5) is 14.8. The fraction of sp³-hybridized carbons (Fsp3) is 0. The van der Waals surface area contributed by atoms with Crippen LogP contribution in [0.5, 0.6) is 0 Å². The molecule has 0 radical (unpaired) electrons. The van der Waals surface area contributed by atoms with Gasteiger partial charge in [-0.2, -0.15) is 0 Å². The summed E-state index contributed by atoms with van der Waals surface area (Å²) in [6.07, 6.45) is 1.20. The number of hydrogen-bond donors (Lipinski definition) is 2. The van der Waals surface area contributed by atoms with E-state index in [0.29, 0.717) is 0 Å². The zero-order valence-electron chi connectivity index (χ0n) is 9.02. The maximum absolute atomic E-state index is 13.4. The standard InChI is InChI=1S/C12H8ClFN2O2/c13-8-6-15-11(5-7(8)12(17)18)16-10-4-2-1-3-9(10)14/h1-6H,(H,15,16)(H,17,18). The Kier molecular flexibility index (Phi) is 3.43. The molecule has 0 unspecified atom stereocenters. The normalized spacial score (nSPS) is 10.1. The van der Waals surface area contributed by atoms with Crippen LogP contribution in [0.25, 0.3) is 0 Å². The van der Waals surface area contributed by atoms with Crippen molar-refractivity contribution in [2.24, 2.45) is 0 Å². The average molecular weight is 267 g/mol. The SMILES string of the molecule is O=C(O)c1cc(Nc2ccccc2F)ncc1Cl. The van der Waals surface area contributed by atoms with Crippen LogP contribution in [-0.2, 0) is 0 Å². The molecular formula is C12H8ClFN2O2. The van der Waals surface area contributed by atoms with E-state index in [2.05, 4.69) is 10.3 Å². The summed E-state index contributed by atoms with van der Waals surface area (Å²) in [7, 11) is 0. The van der Waals surface area contributed by atoms with Crippen molar-refractivity contribution in [2.75, 3.05) is 5.32 Å². The molecule has 0 bridgehead atoms. The highest BCUT2D eigenvalue weighted by molar-refractivity contribution is 6.33. The smallest absolute Gasteiger partial charge is 0.337 e. The Bertz CT molecular complexity index is 604. The van der Waals surface area contributed by atoms with Crippen molar-refractivity contribution in [3.63, 3.8) is 0 Å². The Labute approximate surface area is 107 Å². The van der Waals surface area contributed by atoms with Crippen LogP contribution < -0.4 is 5.32 Å². The number of aromatic nitrogens is 1. The zero-order chi connectivity index (χ0) is 13.1. The lowest BCUT2D eigenvalue weighted by atomic mass is 10.2. The Hall–Kier alpha value is -2.14. The molecule has 18 heavy (non-hydrogen) atoms. The Balaban J connectivity index is 2.33. The number of nitrogens with one attached hydrogen (secondary N) is 1. The fourth-order valence-electron chi connectivity index (χ4n) is 1.37. The van der Waals surface area contributed by atoms with E-state index in [1.54, 1.807) is 12.1 Å². The van der Waals surface area contributed by atoms with Gasteiger partial charge >= 0.3 is 5.97 Å². The number of hydrogen-bond acceptors (Lipinski definition) is 3. The van der Waals surface area contributed by atoms with Crippen molar-refractivity contribution in [3.05, 3.63) is 52.9 Å². The van der Waals surface area contributed by atoms with Crippen LogP contribution in [0.15, 0.2) is 36.5 Å². The highest BCUT2D eigenvalue weighted by Gasteiger charge is 2.11. The van der Waals surface area contributed by atoms with Gasteiger partial charge in [-0.1, -0.05) is 23.7 Å². The molecule has 2 aromatic rings. The van der Waals surface area contributed by atoms with E-state index in [-0.39, 0.29) is 22.1 Å². The van der Waals surface area contributed by atoms with Crippen LogP contribution in [0.4, 0.5) is 15.9 Å². The molecule has 2 N–H and O–H groups in total. The molecule has 2 rings (SSSR count). The fourth-order valence-corrected chi connectivity index (χ4v) is 1.56. The summed E-state index contributed by atoms with van der Waals surface area (Å²) < 4.78 is 13.4. The number of pyridine rings is 1. The summed E-state index contributed by atoms with van der Waals surface area (Å²) in [5, 5.41) is 11.6. The first-order valence-corrected chi connectivity index (χ1v) is 5.36. The van der Waals surface area contributed by atoms with Gasteiger partial charge in [-0.3, -0.25) is 0 Å². The molecule has 0 aliphatic carbocycles. The van der Waals surface area contributed by atoms with Gasteiger partial charge in [-0.15, -0.1) is 0 Å². The third-order valence-corrected chi connectivity index (χ3v) is 2.52. The first-order chi connectivity index (χ1) is 8.58. The first kappa shape index (κ1) is 12.3. The van der Waals surface area contributed by atoms with Gasteiger partial charge in [0.25, 0.3) is 0 Å². The maximum Gasteiger partial charge on any atom is 0.337 e. The van der Waals surface area contributed by atoms with E-state index < -0.39 is 11.8 Å². The number of carboxylic acid groups (broad SMARTS) is 1. The van der Waals surface area contributed by atoms with Crippen molar-refractivity contribution in [1.29, 1.82) is 0 Å². The number of nitrogens with zero attached hydrogens (tertiary/aromatic N) is 1. The van der Waals surface area contributed by atoms with Crippen molar-refractivity contribution in [1.82, 2.24) is 4.98 Å². The van der Waals surface area contributed by atoms with E-state index in [4.69, 9.17) is 16.7 Å². The number of halogens is 2. The van der Waals surface area contributed by atoms with Crippen LogP contribution >= 0.6 is 11.6 Å². The summed E-state index contributed by atoms with van der Waals surface area (Å²) in [5.41, 5.74) is 0.120. The predicted octanol–water partition coefficient (Wildman–Crippen LogP) is 3.32. The summed E-state index contributed by atoms with van der Waals surface area (Å²) in [5.74, 6) is -1.41. The van der Waals surface area contributed by atoms with Crippen molar-refractivity contribution in [3.8, 4) is 0 Å². The molecule has 4 nitrogen and oxygen atoms in total. The number of carboxylic acids is 1. The van der Waals surface area contributed by atoms with Gasteiger partial charge in [-0.05, 0) is 18.2 Å². The minimum atomic E-state index is -1.17. The van der Waals surface area contributed by atoms with Gasteiger partial charge in [0.1, 0.15) is 11.6 Å². The summed E-state index contributed by atoms with van der Waals surface area (Å²) in [6.45, 7) is 0. The molecule has 0 saturated carbocycles. The first-order valence-electron chi connectivity index (χ1n) is 4.98. The molecule has 0 amide bonds. The number of aromatic carboxylic acids is 1. The molecule has 0 fully saturated rings. The minimum absolute atomic E-state index is 0.0292. The molecule has 1 aromatic heterocycles. The minimum Gasteiger partial charge on any atom is -0.478 e. The topological polar surface area (TPSA) is 62.2 Å². The Morgan fingerprint density at radius 2 is 2.11 bits per heavy atom. The quantitative estimate of drug-likeness (QED) is 0.895. The number of para-hydroxylation sites is 1. The number of benzene rings is 1. The van der Waals surface area contributed by atoms with E-state index in [1.807, 2.05) is 0 Å². The van der Waals surface area contributed by atoms with Crippen molar-refractivity contribution < 1.29 is 14.3 Å². The van der Waals surface area contributed by atoms with Crippen molar-refractivity contribution >= 4 is 29.1 Å². The van der Waals surface area contributed by atoms with Crippen LogP contribution in [0.2, 0.25) is 5.02 Å². The van der Waals surface area contributed by atoms with Crippen LogP contribution in [0, 0.1) is 5.82 Å². The summed E-state index contributed by atoms with van der Waals surface area (Å²) in [6, 6.07) is 7.26. The highest BCUT2D eigenvalue weighted by Crippen LogP contribution is 2.22. The molecule has 0 spiro atoms. The molecule has 1 aromatic carbocycles. The monoisotopic (exact) mass is 266 g/mol. The Morgan fingerprint density at radius 1 is 1.39 bits per heavy atom. The van der Waals surface area contributed by atoms with Gasteiger partial charge in [-0.25, -0.2) is 14.2 Å². The van der Waals surface area contributed by atoms with E-state index in [0.717, 1.165) is 0 Å². The second kappa shape index (κ2) is 5.01. The third kappa shape index (κ3) is 2.57. The number of anilines is 2. The maximum atomic E-state index is 13.4. The molecule has 6 heteroatoms. The lowest BCUT2D eigenvalue weighted by Crippen LogP contribution is -2.02. The third-order valence-electron chi connectivity index (χ3n) is 2.22. The van der Waals surface area contributed by atoms with Crippen LogP contribution in [0.1, 0.15) is 10.4 Å². The lowest BCUT2D eigenvalue weighted by Gasteiger charge is -2.07. The van der Waals surface area contributed by atoms with Crippen LogP contribution in [-0.4, -0.2) is 16.1 Å². The van der Waals surface area contributed by atoms with E-state index in [9.17, 15) is 9.18 Å². The van der Waals surface area contributed by atoms with Gasteiger partial charge in [0.05, 0.1) is 16.3 Å². The largest absolute Gasteiger partial charge is 0.478 e. The zero-order valence-corrected chi connectivity index (χ0v) is 9.78. The number of carbonyl (C=O) groups is 1. The van der Waals surface area contributed by atoms with Crippen molar-refractivity contribution in [2.45, 2.75) is 0 Å². The molecular weight excluding hydrogens is 259 g/mol. The molecule has 1 heterocycles. The molecule has 0 aliphatic heterocycles. The van der Waals surface area contributed by atoms with Gasteiger partial charge in [0.15, 0.2) is 0 Å². The van der Waals surface area contributed by atoms with Gasteiger partial charge < -0.3 is 10.4 Å². The molecule has 0 atom stereocenters. The average Bonchev–Trinajstić information content (AvgIpc) is 2.34. The van der Waals surface area contributed by atoms with Crippen LogP contribution in [0.3, 0.4) is 0 Å². The lowest BCUT2D eigenvalue weighted by molar-refractivity contribution is 0.0697. The van der Waals surface area contributed by atoms with Gasteiger partial charge in [0, 0.05) is 6.20 Å². The van der Waals surface area contributed by atoms with E-state index in [1.165, 1.54) is 24.4 Å². The molecule has 92 valence electrons. The second-order valence-corrected chi connectivity index (χ2v) is 3.87. The second-order valence-electron chi connectivity index (χ2n) is 3.46. The highest BCUT2D eigenvalue weighted by atomic mass is 35.5. The number of rotatable bonds is 3. The van der Waals surface area contributed by atoms with Gasteiger partial charge in [0.2, 0.25) is 0 Å². The van der Waals surface area contributed by atoms with E-state index >= 15 is 0 Å².